The topological polar surface area (TPSA) is 46.0 Å². The zero-order valence-corrected chi connectivity index (χ0v) is 12.8. The van der Waals surface area contributed by atoms with Gasteiger partial charge in [0, 0.05) is 12.4 Å². The third kappa shape index (κ3) is 4.85. The molecule has 112 valence electrons. The highest BCUT2D eigenvalue weighted by atomic mass is 16.3. The van der Waals surface area contributed by atoms with E-state index in [1.807, 2.05) is 24.5 Å². The molecule has 1 N–H and O–H groups in total. The van der Waals surface area contributed by atoms with Crippen molar-refractivity contribution in [3.05, 3.63) is 42.2 Å². The van der Waals surface area contributed by atoms with Crippen LogP contribution in [0.4, 0.5) is 0 Å². The second-order valence-corrected chi connectivity index (χ2v) is 5.45. The number of benzene rings is 1. The molecule has 1 aromatic heterocycles. The number of hydrogen-bond acceptors (Lipinski definition) is 3. The quantitative estimate of drug-likeness (QED) is 0.711. The van der Waals surface area contributed by atoms with Crippen molar-refractivity contribution >= 4 is 0 Å². The van der Waals surface area contributed by atoms with E-state index in [0.717, 1.165) is 6.42 Å². The van der Waals surface area contributed by atoms with E-state index in [0.29, 0.717) is 11.4 Å². The number of hydrogen-bond donors (Lipinski definition) is 1. The van der Waals surface area contributed by atoms with Gasteiger partial charge >= 0.3 is 0 Å². The largest absolute Gasteiger partial charge is 0.507 e. The fourth-order valence-corrected chi connectivity index (χ4v) is 2.40. The molecule has 0 aliphatic carbocycles. The second kappa shape index (κ2) is 8.40. The predicted molar refractivity (Wildman–Crippen MR) is 86.2 cm³/mol. The third-order valence-corrected chi connectivity index (χ3v) is 3.67. The lowest BCUT2D eigenvalue weighted by Crippen LogP contribution is -1.93. The molecule has 1 aromatic carbocycles. The predicted octanol–water partition coefficient (Wildman–Crippen LogP) is 4.75. The van der Waals surface area contributed by atoms with Crippen molar-refractivity contribution in [1.82, 2.24) is 9.97 Å². The number of phenolic OH excluding ortho intramolecular Hbond substituents is 1. The smallest absolute Gasteiger partial charge is 0.162 e. The summed E-state index contributed by atoms with van der Waals surface area (Å²) < 4.78 is 0. The SMILES string of the molecule is CCCCCCCCc1cnc(-c2ccccc2O)nc1. The number of aromatic hydroxyl groups is 1. The van der Waals surface area contributed by atoms with Gasteiger partial charge in [-0.15, -0.1) is 0 Å². The van der Waals surface area contributed by atoms with E-state index < -0.39 is 0 Å². The molecule has 2 rings (SSSR count). The highest BCUT2D eigenvalue weighted by Crippen LogP contribution is 2.25. The summed E-state index contributed by atoms with van der Waals surface area (Å²) in [7, 11) is 0. The first-order valence-corrected chi connectivity index (χ1v) is 7.90. The summed E-state index contributed by atoms with van der Waals surface area (Å²) in [5.41, 5.74) is 1.85. The highest BCUT2D eigenvalue weighted by Gasteiger charge is 2.05. The van der Waals surface area contributed by atoms with Gasteiger partial charge in [0.05, 0.1) is 5.56 Å². The monoisotopic (exact) mass is 284 g/mol. The van der Waals surface area contributed by atoms with E-state index in [1.54, 1.807) is 12.1 Å². The summed E-state index contributed by atoms with van der Waals surface area (Å²) in [5.74, 6) is 0.806. The van der Waals surface area contributed by atoms with Crippen molar-refractivity contribution < 1.29 is 5.11 Å². The van der Waals surface area contributed by atoms with Crippen LogP contribution in [0, 0.1) is 0 Å². The fraction of sp³-hybridized carbons (Fsp3) is 0.444. The molecule has 0 aliphatic rings. The van der Waals surface area contributed by atoms with Crippen LogP contribution in [0.5, 0.6) is 5.75 Å². The summed E-state index contributed by atoms with van der Waals surface area (Å²) in [6.45, 7) is 2.24. The average Bonchev–Trinajstić information content (AvgIpc) is 2.52. The van der Waals surface area contributed by atoms with Crippen LogP contribution in [0.25, 0.3) is 11.4 Å². The van der Waals surface area contributed by atoms with Crippen molar-refractivity contribution in [2.75, 3.05) is 0 Å². The Bertz CT molecular complexity index is 537. The maximum atomic E-state index is 9.80. The zero-order chi connectivity index (χ0) is 14.9. The lowest BCUT2D eigenvalue weighted by molar-refractivity contribution is 0.477. The lowest BCUT2D eigenvalue weighted by atomic mass is 10.1. The molecule has 3 heteroatoms. The van der Waals surface area contributed by atoms with Crippen LogP contribution in [0.1, 0.15) is 51.0 Å². The number of aryl methyl sites for hydroxylation is 1. The minimum absolute atomic E-state index is 0.223. The van der Waals surface area contributed by atoms with Gasteiger partial charge in [-0.3, -0.25) is 0 Å². The molecule has 0 spiro atoms. The standard InChI is InChI=1S/C18H24N2O/c1-2-3-4-5-6-7-10-15-13-19-18(20-14-15)16-11-8-9-12-17(16)21/h8-9,11-14,21H,2-7,10H2,1H3. The van der Waals surface area contributed by atoms with Gasteiger partial charge in [-0.05, 0) is 30.5 Å². The summed E-state index contributed by atoms with van der Waals surface area (Å²) in [4.78, 5) is 8.73. The third-order valence-electron chi connectivity index (χ3n) is 3.67. The van der Waals surface area contributed by atoms with Gasteiger partial charge in [-0.25, -0.2) is 9.97 Å². The Labute approximate surface area is 127 Å². The van der Waals surface area contributed by atoms with Crippen LogP contribution in [0.15, 0.2) is 36.7 Å². The van der Waals surface area contributed by atoms with E-state index in [2.05, 4.69) is 16.9 Å². The molecule has 21 heavy (non-hydrogen) atoms. The molecule has 1 heterocycles. The Morgan fingerprint density at radius 1 is 0.905 bits per heavy atom. The Morgan fingerprint density at radius 3 is 2.29 bits per heavy atom. The van der Waals surface area contributed by atoms with Gasteiger partial charge in [0.15, 0.2) is 5.82 Å². The van der Waals surface area contributed by atoms with Gasteiger partial charge < -0.3 is 5.11 Å². The molecule has 0 saturated heterocycles. The van der Waals surface area contributed by atoms with Crippen molar-refractivity contribution in [1.29, 1.82) is 0 Å². The van der Waals surface area contributed by atoms with Gasteiger partial charge in [-0.1, -0.05) is 51.2 Å². The number of unbranched alkanes of at least 4 members (excludes halogenated alkanes) is 5. The number of aromatic nitrogens is 2. The maximum absolute atomic E-state index is 9.80. The summed E-state index contributed by atoms with van der Waals surface area (Å²) in [5, 5.41) is 9.80. The van der Waals surface area contributed by atoms with Crippen LogP contribution in [0.3, 0.4) is 0 Å². The van der Waals surface area contributed by atoms with E-state index in [4.69, 9.17) is 0 Å². The van der Waals surface area contributed by atoms with Gasteiger partial charge in [-0.2, -0.15) is 0 Å². The number of rotatable bonds is 8. The average molecular weight is 284 g/mol. The van der Waals surface area contributed by atoms with E-state index in [9.17, 15) is 5.11 Å². The van der Waals surface area contributed by atoms with Gasteiger partial charge in [0.25, 0.3) is 0 Å². The Balaban J connectivity index is 1.84. The van der Waals surface area contributed by atoms with Crippen LogP contribution in [-0.4, -0.2) is 15.1 Å². The lowest BCUT2D eigenvalue weighted by Gasteiger charge is -2.04. The molecule has 3 nitrogen and oxygen atoms in total. The number of phenols is 1. The van der Waals surface area contributed by atoms with Crippen LogP contribution in [-0.2, 0) is 6.42 Å². The molecule has 0 fully saturated rings. The molecular formula is C18H24N2O. The zero-order valence-electron chi connectivity index (χ0n) is 12.8. The normalized spacial score (nSPS) is 10.7. The van der Waals surface area contributed by atoms with Crippen LogP contribution in [0.2, 0.25) is 0 Å². The first-order valence-electron chi connectivity index (χ1n) is 7.90. The van der Waals surface area contributed by atoms with Crippen molar-refractivity contribution in [2.45, 2.75) is 51.9 Å². The van der Waals surface area contributed by atoms with E-state index in [1.165, 1.54) is 44.1 Å². The molecule has 0 atom stereocenters. The second-order valence-electron chi connectivity index (χ2n) is 5.45. The minimum Gasteiger partial charge on any atom is -0.507 e. The molecule has 0 bridgehead atoms. The summed E-state index contributed by atoms with van der Waals surface area (Å²) >= 11 is 0. The number of nitrogens with zero attached hydrogens (tertiary/aromatic N) is 2. The van der Waals surface area contributed by atoms with Gasteiger partial charge in [0.2, 0.25) is 0 Å². The Hall–Kier alpha value is -1.90. The van der Waals surface area contributed by atoms with E-state index in [-0.39, 0.29) is 5.75 Å². The molecule has 2 aromatic rings. The molecule has 0 amide bonds. The molecule has 0 radical (unpaired) electrons. The molecule has 0 saturated carbocycles. The molecule has 0 unspecified atom stereocenters. The number of para-hydroxylation sites is 1. The van der Waals surface area contributed by atoms with Crippen molar-refractivity contribution in [3.8, 4) is 17.1 Å². The molecule has 0 aliphatic heterocycles. The first kappa shape index (κ1) is 15.5. The minimum atomic E-state index is 0.223. The van der Waals surface area contributed by atoms with Crippen LogP contribution >= 0.6 is 0 Å². The Kier molecular flexibility index (Phi) is 6.20. The van der Waals surface area contributed by atoms with Crippen molar-refractivity contribution in [3.63, 3.8) is 0 Å². The first-order chi connectivity index (χ1) is 10.3. The summed E-state index contributed by atoms with van der Waals surface area (Å²) in [6, 6.07) is 7.16. The molecular weight excluding hydrogens is 260 g/mol. The maximum Gasteiger partial charge on any atom is 0.162 e. The summed E-state index contributed by atoms with van der Waals surface area (Å²) in [6.07, 6.45) is 12.6. The van der Waals surface area contributed by atoms with Crippen LogP contribution < -0.4 is 0 Å². The van der Waals surface area contributed by atoms with E-state index >= 15 is 0 Å². The van der Waals surface area contributed by atoms with Crippen molar-refractivity contribution in [2.24, 2.45) is 0 Å². The highest BCUT2D eigenvalue weighted by molar-refractivity contribution is 5.62. The van der Waals surface area contributed by atoms with Gasteiger partial charge in [0.1, 0.15) is 5.75 Å². The Morgan fingerprint density at radius 2 is 1.57 bits per heavy atom. The fourth-order valence-electron chi connectivity index (χ4n) is 2.40.